The van der Waals surface area contributed by atoms with Gasteiger partial charge in [0.25, 0.3) is 5.91 Å². The van der Waals surface area contributed by atoms with Crippen molar-refractivity contribution >= 4 is 15.9 Å². The predicted molar refractivity (Wildman–Crippen MR) is 72.3 cm³/mol. The summed E-state index contributed by atoms with van der Waals surface area (Å²) in [6, 6.07) is 7.31. The number of benzene rings is 1. The molecule has 8 heteroatoms. The topological polar surface area (TPSA) is 118 Å². The van der Waals surface area contributed by atoms with Crippen molar-refractivity contribution in [1.82, 2.24) is 15.5 Å². The molecule has 2 rings (SSSR count). The van der Waals surface area contributed by atoms with E-state index in [0.717, 1.165) is 0 Å². The van der Waals surface area contributed by atoms with Crippen molar-refractivity contribution in [3.05, 3.63) is 47.8 Å². The predicted octanol–water partition coefficient (Wildman–Crippen LogP) is 0.548. The fraction of sp³-hybridized carbons (Fsp3) is 0.167. The van der Waals surface area contributed by atoms with Gasteiger partial charge in [0.05, 0.1) is 10.9 Å². The standard InChI is InChI=1S/C12H14N4O3S/c1-8(15-12(17)11-5-6-14-16-11)9-3-2-4-10(7-9)20(13,18)19/h2-8H,1H3,(H,14,16)(H,15,17)(H2,13,18,19). The summed E-state index contributed by atoms with van der Waals surface area (Å²) in [7, 11) is -3.76. The number of rotatable bonds is 4. The first-order valence-electron chi connectivity index (χ1n) is 5.81. The Kier molecular flexibility index (Phi) is 3.86. The second kappa shape index (κ2) is 5.43. The van der Waals surface area contributed by atoms with Gasteiger partial charge in [-0.05, 0) is 30.7 Å². The van der Waals surface area contributed by atoms with Gasteiger partial charge in [0.15, 0.2) is 0 Å². The van der Waals surface area contributed by atoms with Crippen molar-refractivity contribution in [2.75, 3.05) is 0 Å². The second-order valence-corrected chi connectivity index (χ2v) is 5.84. The lowest BCUT2D eigenvalue weighted by molar-refractivity contribution is 0.0935. The highest BCUT2D eigenvalue weighted by molar-refractivity contribution is 7.89. The van der Waals surface area contributed by atoms with Crippen molar-refractivity contribution in [3.8, 4) is 0 Å². The van der Waals surface area contributed by atoms with E-state index >= 15 is 0 Å². The van der Waals surface area contributed by atoms with Gasteiger partial charge in [-0.1, -0.05) is 12.1 Å². The average Bonchev–Trinajstić information content (AvgIpc) is 2.91. The molecule has 7 nitrogen and oxygen atoms in total. The van der Waals surface area contributed by atoms with Crippen LogP contribution in [0.1, 0.15) is 29.0 Å². The van der Waals surface area contributed by atoms with Crippen LogP contribution in [0.15, 0.2) is 41.4 Å². The summed E-state index contributed by atoms with van der Waals surface area (Å²) in [4.78, 5) is 11.9. The zero-order chi connectivity index (χ0) is 14.8. The SMILES string of the molecule is CC(NC(=O)c1ccn[nH]1)c1cccc(S(N)(=O)=O)c1. The first kappa shape index (κ1) is 14.2. The molecule has 0 spiro atoms. The maximum Gasteiger partial charge on any atom is 0.269 e. The first-order chi connectivity index (χ1) is 9.38. The fourth-order valence-electron chi connectivity index (χ4n) is 1.70. The number of hydrogen-bond acceptors (Lipinski definition) is 4. The number of aromatic amines is 1. The normalized spacial score (nSPS) is 12.9. The number of carbonyl (C=O) groups excluding carboxylic acids is 1. The van der Waals surface area contributed by atoms with Crippen LogP contribution in [0.5, 0.6) is 0 Å². The minimum absolute atomic E-state index is 0.0117. The van der Waals surface area contributed by atoms with Gasteiger partial charge in [-0.3, -0.25) is 9.89 Å². The van der Waals surface area contributed by atoms with Crippen LogP contribution in [-0.4, -0.2) is 24.5 Å². The van der Waals surface area contributed by atoms with Gasteiger partial charge in [0.2, 0.25) is 10.0 Å². The number of hydrogen-bond donors (Lipinski definition) is 3. The van der Waals surface area contributed by atoms with Gasteiger partial charge in [0, 0.05) is 6.20 Å². The lowest BCUT2D eigenvalue weighted by atomic mass is 10.1. The molecular formula is C12H14N4O3S. The molecule has 1 amide bonds. The van der Waals surface area contributed by atoms with E-state index in [0.29, 0.717) is 11.3 Å². The van der Waals surface area contributed by atoms with Crippen molar-refractivity contribution in [2.24, 2.45) is 5.14 Å². The molecule has 1 aromatic heterocycles. The third kappa shape index (κ3) is 3.22. The second-order valence-electron chi connectivity index (χ2n) is 4.28. The zero-order valence-corrected chi connectivity index (χ0v) is 11.5. The van der Waals surface area contributed by atoms with E-state index in [1.165, 1.54) is 18.3 Å². The number of nitrogens with one attached hydrogen (secondary N) is 2. The maximum atomic E-state index is 11.8. The summed E-state index contributed by atoms with van der Waals surface area (Å²) >= 11 is 0. The van der Waals surface area contributed by atoms with Crippen LogP contribution in [0.2, 0.25) is 0 Å². The number of primary sulfonamides is 1. The number of sulfonamides is 1. The highest BCUT2D eigenvalue weighted by Crippen LogP contribution is 2.17. The molecule has 0 bridgehead atoms. The van der Waals surface area contributed by atoms with Crippen LogP contribution in [0.25, 0.3) is 0 Å². The Bertz CT molecular complexity index is 710. The van der Waals surface area contributed by atoms with E-state index in [1.54, 1.807) is 25.1 Å². The molecule has 0 saturated carbocycles. The van der Waals surface area contributed by atoms with E-state index in [-0.39, 0.29) is 16.8 Å². The molecule has 1 aromatic carbocycles. The molecule has 0 aliphatic heterocycles. The Morgan fingerprint density at radius 3 is 2.75 bits per heavy atom. The highest BCUT2D eigenvalue weighted by Gasteiger charge is 2.14. The number of nitrogens with zero attached hydrogens (tertiary/aromatic N) is 1. The minimum Gasteiger partial charge on any atom is -0.344 e. The van der Waals surface area contributed by atoms with Crippen molar-refractivity contribution in [1.29, 1.82) is 0 Å². The lowest BCUT2D eigenvalue weighted by Gasteiger charge is -2.14. The van der Waals surface area contributed by atoms with Gasteiger partial charge < -0.3 is 5.32 Å². The van der Waals surface area contributed by atoms with Crippen molar-refractivity contribution in [3.63, 3.8) is 0 Å². The number of carbonyl (C=O) groups is 1. The summed E-state index contributed by atoms with van der Waals surface area (Å²) in [6.07, 6.45) is 1.47. The monoisotopic (exact) mass is 294 g/mol. The Labute approximate surface area is 116 Å². The molecule has 0 fully saturated rings. The fourth-order valence-corrected chi connectivity index (χ4v) is 2.27. The van der Waals surface area contributed by atoms with Crippen LogP contribution in [0.4, 0.5) is 0 Å². The number of nitrogens with two attached hydrogens (primary N) is 1. The summed E-state index contributed by atoms with van der Waals surface area (Å²) in [5, 5.41) is 14.0. The molecule has 0 aliphatic carbocycles. The number of aromatic nitrogens is 2. The average molecular weight is 294 g/mol. The van der Waals surface area contributed by atoms with Crippen molar-refractivity contribution < 1.29 is 13.2 Å². The van der Waals surface area contributed by atoms with Crippen LogP contribution in [0, 0.1) is 0 Å². The first-order valence-corrected chi connectivity index (χ1v) is 7.35. The number of H-pyrrole nitrogens is 1. The van der Waals surface area contributed by atoms with E-state index in [9.17, 15) is 13.2 Å². The van der Waals surface area contributed by atoms with E-state index in [2.05, 4.69) is 15.5 Å². The third-order valence-electron chi connectivity index (χ3n) is 2.78. The molecule has 1 heterocycles. The highest BCUT2D eigenvalue weighted by atomic mass is 32.2. The molecule has 1 unspecified atom stereocenters. The molecule has 2 aromatic rings. The van der Waals surface area contributed by atoms with E-state index in [4.69, 9.17) is 5.14 Å². The molecule has 20 heavy (non-hydrogen) atoms. The van der Waals surface area contributed by atoms with Crippen LogP contribution >= 0.6 is 0 Å². The number of amides is 1. The summed E-state index contributed by atoms with van der Waals surface area (Å²) in [5.41, 5.74) is 0.976. The van der Waals surface area contributed by atoms with E-state index < -0.39 is 10.0 Å². The van der Waals surface area contributed by atoms with Gasteiger partial charge in [-0.2, -0.15) is 5.10 Å². The quantitative estimate of drug-likeness (QED) is 0.763. The van der Waals surface area contributed by atoms with Gasteiger partial charge in [-0.25, -0.2) is 13.6 Å². The molecule has 4 N–H and O–H groups in total. The van der Waals surface area contributed by atoms with Crippen LogP contribution in [0.3, 0.4) is 0 Å². The minimum atomic E-state index is -3.76. The van der Waals surface area contributed by atoms with Crippen LogP contribution in [-0.2, 0) is 10.0 Å². The Hall–Kier alpha value is -2.19. The Balaban J connectivity index is 2.18. The van der Waals surface area contributed by atoms with Crippen molar-refractivity contribution in [2.45, 2.75) is 17.9 Å². The largest absolute Gasteiger partial charge is 0.344 e. The maximum absolute atomic E-state index is 11.8. The van der Waals surface area contributed by atoms with Gasteiger partial charge in [0.1, 0.15) is 5.69 Å². The smallest absolute Gasteiger partial charge is 0.269 e. The summed E-state index contributed by atoms with van der Waals surface area (Å²) < 4.78 is 22.6. The molecule has 0 aliphatic rings. The molecule has 1 atom stereocenters. The van der Waals surface area contributed by atoms with E-state index in [1.807, 2.05) is 0 Å². The molecule has 106 valence electrons. The Morgan fingerprint density at radius 2 is 2.15 bits per heavy atom. The Morgan fingerprint density at radius 1 is 1.40 bits per heavy atom. The van der Waals surface area contributed by atoms with Gasteiger partial charge >= 0.3 is 0 Å². The van der Waals surface area contributed by atoms with Crippen LogP contribution < -0.4 is 10.5 Å². The summed E-state index contributed by atoms with van der Waals surface area (Å²) in [5.74, 6) is -0.323. The van der Waals surface area contributed by atoms with Gasteiger partial charge in [-0.15, -0.1) is 0 Å². The summed E-state index contributed by atoms with van der Waals surface area (Å²) in [6.45, 7) is 1.75. The third-order valence-corrected chi connectivity index (χ3v) is 3.69. The lowest BCUT2D eigenvalue weighted by Crippen LogP contribution is -2.27. The molecule has 0 radical (unpaired) electrons. The zero-order valence-electron chi connectivity index (χ0n) is 10.7. The molecule has 0 saturated heterocycles. The molecular weight excluding hydrogens is 280 g/mol.